The normalized spacial score (nSPS) is 10.9. The van der Waals surface area contributed by atoms with E-state index in [1.54, 1.807) is 0 Å². The smallest absolute Gasteiger partial charge is 0.0931 e. The van der Waals surface area contributed by atoms with Crippen molar-refractivity contribution < 1.29 is 0 Å². The standard InChI is InChI=1S/C16H20N2/c1-11(2)7-13-5-4-6-14(9-13)16-15(17)8-12(3)10-18-16/h4-6,8-11H,7,17H2,1-3H3. The number of anilines is 1. The average Bonchev–Trinajstić information content (AvgIpc) is 2.28. The Balaban J connectivity index is 2.38. The Kier molecular flexibility index (Phi) is 3.66. The van der Waals surface area contributed by atoms with E-state index in [4.69, 9.17) is 5.73 Å². The number of hydrogen-bond acceptors (Lipinski definition) is 2. The predicted molar refractivity (Wildman–Crippen MR) is 77.4 cm³/mol. The first-order valence-electron chi connectivity index (χ1n) is 6.37. The van der Waals surface area contributed by atoms with Crippen LogP contribution < -0.4 is 5.73 Å². The number of hydrogen-bond donors (Lipinski definition) is 1. The number of pyridine rings is 1. The molecule has 0 fully saturated rings. The van der Waals surface area contributed by atoms with Gasteiger partial charge in [0.05, 0.1) is 11.4 Å². The molecule has 0 aliphatic heterocycles. The number of rotatable bonds is 3. The molecule has 0 radical (unpaired) electrons. The van der Waals surface area contributed by atoms with Gasteiger partial charge in [0.15, 0.2) is 0 Å². The lowest BCUT2D eigenvalue weighted by Crippen LogP contribution is -1.97. The Morgan fingerprint density at radius 3 is 2.67 bits per heavy atom. The van der Waals surface area contributed by atoms with Crippen LogP contribution in [0.25, 0.3) is 11.3 Å². The minimum atomic E-state index is 0.656. The van der Waals surface area contributed by atoms with E-state index in [-0.39, 0.29) is 0 Å². The van der Waals surface area contributed by atoms with Crippen LogP contribution in [0.5, 0.6) is 0 Å². The Morgan fingerprint density at radius 2 is 2.00 bits per heavy atom. The summed E-state index contributed by atoms with van der Waals surface area (Å²) in [6, 6.07) is 10.5. The first kappa shape index (κ1) is 12.6. The lowest BCUT2D eigenvalue weighted by Gasteiger charge is -2.09. The molecule has 1 aromatic heterocycles. The Hall–Kier alpha value is -1.83. The lowest BCUT2D eigenvalue weighted by molar-refractivity contribution is 0.647. The van der Waals surface area contributed by atoms with Gasteiger partial charge in [0.25, 0.3) is 0 Å². The molecule has 0 saturated heterocycles. The van der Waals surface area contributed by atoms with E-state index in [2.05, 4.69) is 43.1 Å². The fourth-order valence-corrected chi connectivity index (χ4v) is 2.15. The maximum absolute atomic E-state index is 6.04. The van der Waals surface area contributed by atoms with Crippen LogP contribution in [-0.4, -0.2) is 4.98 Å². The van der Waals surface area contributed by atoms with Gasteiger partial charge < -0.3 is 5.73 Å². The number of nitrogens with two attached hydrogens (primary N) is 1. The van der Waals surface area contributed by atoms with Gasteiger partial charge in [-0.1, -0.05) is 32.0 Å². The van der Waals surface area contributed by atoms with E-state index >= 15 is 0 Å². The highest BCUT2D eigenvalue weighted by atomic mass is 14.7. The topological polar surface area (TPSA) is 38.9 Å². The molecule has 2 heteroatoms. The summed E-state index contributed by atoms with van der Waals surface area (Å²) in [5.41, 5.74) is 11.2. The van der Waals surface area contributed by atoms with E-state index in [0.717, 1.165) is 28.9 Å². The monoisotopic (exact) mass is 240 g/mol. The van der Waals surface area contributed by atoms with Gasteiger partial charge in [-0.3, -0.25) is 4.98 Å². The molecule has 18 heavy (non-hydrogen) atoms. The van der Waals surface area contributed by atoms with Crippen LogP contribution in [0.4, 0.5) is 5.69 Å². The van der Waals surface area contributed by atoms with Crippen LogP contribution in [0.3, 0.4) is 0 Å². The summed E-state index contributed by atoms with van der Waals surface area (Å²) in [5.74, 6) is 0.656. The summed E-state index contributed by atoms with van der Waals surface area (Å²) in [4.78, 5) is 4.44. The van der Waals surface area contributed by atoms with Crippen LogP contribution >= 0.6 is 0 Å². The van der Waals surface area contributed by atoms with Crippen molar-refractivity contribution in [2.45, 2.75) is 27.2 Å². The molecule has 0 atom stereocenters. The van der Waals surface area contributed by atoms with Crippen molar-refractivity contribution in [3.63, 3.8) is 0 Å². The molecule has 0 spiro atoms. The predicted octanol–water partition coefficient (Wildman–Crippen LogP) is 3.84. The quantitative estimate of drug-likeness (QED) is 0.885. The number of aromatic nitrogens is 1. The molecule has 0 amide bonds. The van der Waals surface area contributed by atoms with Crippen molar-refractivity contribution in [1.82, 2.24) is 4.98 Å². The van der Waals surface area contributed by atoms with Crippen molar-refractivity contribution in [1.29, 1.82) is 0 Å². The molecule has 2 aromatic rings. The third kappa shape index (κ3) is 2.89. The van der Waals surface area contributed by atoms with Gasteiger partial charge in [-0.25, -0.2) is 0 Å². The molecule has 1 aromatic carbocycles. The summed E-state index contributed by atoms with van der Waals surface area (Å²) in [6.45, 7) is 6.46. The Bertz CT molecular complexity index is 545. The second kappa shape index (κ2) is 5.21. The van der Waals surface area contributed by atoms with Crippen LogP contribution in [0.15, 0.2) is 36.5 Å². The third-order valence-corrected chi connectivity index (χ3v) is 2.90. The van der Waals surface area contributed by atoms with Crippen LogP contribution in [0.1, 0.15) is 25.0 Å². The van der Waals surface area contributed by atoms with Gasteiger partial charge in [0.2, 0.25) is 0 Å². The minimum Gasteiger partial charge on any atom is -0.397 e. The van der Waals surface area contributed by atoms with Gasteiger partial charge in [0, 0.05) is 11.8 Å². The molecular formula is C16H20N2. The largest absolute Gasteiger partial charge is 0.397 e. The van der Waals surface area contributed by atoms with E-state index in [1.165, 1.54) is 5.56 Å². The fourth-order valence-electron chi connectivity index (χ4n) is 2.15. The van der Waals surface area contributed by atoms with Crippen LogP contribution in [0.2, 0.25) is 0 Å². The molecule has 2 nitrogen and oxygen atoms in total. The minimum absolute atomic E-state index is 0.656. The van der Waals surface area contributed by atoms with E-state index in [9.17, 15) is 0 Å². The summed E-state index contributed by atoms with van der Waals surface area (Å²) >= 11 is 0. The van der Waals surface area contributed by atoms with Gasteiger partial charge in [-0.05, 0) is 42.5 Å². The second-order valence-electron chi connectivity index (χ2n) is 5.25. The second-order valence-corrected chi connectivity index (χ2v) is 5.25. The highest BCUT2D eigenvalue weighted by molar-refractivity contribution is 5.73. The highest BCUT2D eigenvalue weighted by Gasteiger charge is 2.06. The van der Waals surface area contributed by atoms with Crippen molar-refractivity contribution >= 4 is 5.69 Å². The molecule has 0 bridgehead atoms. The molecule has 0 unspecified atom stereocenters. The number of benzene rings is 1. The summed E-state index contributed by atoms with van der Waals surface area (Å²) in [6.07, 6.45) is 2.94. The molecular weight excluding hydrogens is 220 g/mol. The van der Waals surface area contributed by atoms with Gasteiger partial charge >= 0.3 is 0 Å². The Labute approximate surface area is 109 Å². The molecule has 2 N–H and O–H groups in total. The average molecular weight is 240 g/mol. The molecule has 1 heterocycles. The van der Waals surface area contributed by atoms with Crippen LogP contribution in [-0.2, 0) is 6.42 Å². The van der Waals surface area contributed by atoms with Gasteiger partial charge in [0.1, 0.15) is 0 Å². The zero-order valence-corrected chi connectivity index (χ0v) is 11.3. The van der Waals surface area contributed by atoms with Crippen molar-refractivity contribution in [3.8, 4) is 11.3 Å². The number of nitrogen functional groups attached to an aromatic ring is 1. The maximum Gasteiger partial charge on any atom is 0.0931 e. The molecule has 0 aliphatic carbocycles. The van der Waals surface area contributed by atoms with E-state index < -0.39 is 0 Å². The summed E-state index contributed by atoms with van der Waals surface area (Å²) in [5, 5.41) is 0. The highest BCUT2D eigenvalue weighted by Crippen LogP contribution is 2.25. The van der Waals surface area contributed by atoms with E-state index in [0.29, 0.717) is 5.92 Å². The zero-order valence-electron chi connectivity index (χ0n) is 11.3. The molecule has 2 rings (SSSR count). The molecule has 0 saturated carbocycles. The fraction of sp³-hybridized carbons (Fsp3) is 0.312. The third-order valence-electron chi connectivity index (χ3n) is 2.90. The van der Waals surface area contributed by atoms with Gasteiger partial charge in [-0.2, -0.15) is 0 Å². The lowest BCUT2D eigenvalue weighted by atomic mass is 9.99. The molecule has 94 valence electrons. The maximum atomic E-state index is 6.04. The first-order chi connectivity index (χ1) is 8.56. The van der Waals surface area contributed by atoms with Crippen molar-refractivity contribution in [2.75, 3.05) is 5.73 Å². The van der Waals surface area contributed by atoms with Crippen LogP contribution in [0, 0.1) is 12.8 Å². The van der Waals surface area contributed by atoms with Gasteiger partial charge in [-0.15, -0.1) is 0 Å². The zero-order chi connectivity index (χ0) is 13.1. The first-order valence-corrected chi connectivity index (χ1v) is 6.37. The van der Waals surface area contributed by atoms with Crippen molar-refractivity contribution in [2.24, 2.45) is 5.92 Å². The van der Waals surface area contributed by atoms with Crippen molar-refractivity contribution in [3.05, 3.63) is 47.7 Å². The SMILES string of the molecule is Cc1cnc(-c2cccc(CC(C)C)c2)c(N)c1. The number of nitrogens with zero attached hydrogens (tertiary/aromatic N) is 1. The summed E-state index contributed by atoms with van der Waals surface area (Å²) < 4.78 is 0. The Morgan fingerprint density at radius 1 is 1.22 bits per heavy atom. The molecule has 0 aliphatic rings. The summed E-state index contributed by atoms with van der Waals surface area (Å²) in [7, 11) is 0. The van der Waals surface area contributed by atoms with E-state index in [1.807, 2.05) is 19.2 Å². The number of aryl methyl sites for hydroxylation is 1.